The van der Waals surface area contributed by atoms with Gasteiger partial charge >= 0.3 is 0 Å². The van der Waals surface area contributed by atoms with Crippen molar-refractivity contribution in [2.24, 2.45) is 0 Å². The number of hydrogen-bond donors (Lipinski definition) is 0. The van der Waals surface area contributed by atoms with Crippen molar-refractivity contribution in [1.29, 1.82) is 0 Å². The number of hydrogen-bond acceptors (Lipinski definition) is 3. The first-order chi connectivity index (χ1) is 11.5. The van der Waals surface area contributed by atoms with E-state index in [2.05, 4.69) is 5.16 Å². The van der Waals surface area contributed by atoms with Gasteiger partial charge in [0, 0.05) is 11.6 Å². The monoisotopic (exact) mass is 348 g/mol. The molecule has 2 aromatic carbocycles. The fourth-order valence-electron chi connectivity index (χ4n) is 2.39. The third-order valence-electron chi connectivity index (χ3n) is 3.48. The molecule has 4 nitrogen and oxygen atoms in total. The lowest BCUT2D eigenvalue weighted by Crippen LogP contribution is -2.17. The molecule has 1 aromatic heterocycles. The first-order valence-electron chi connectivity index (χ1n) is 6.93. The molecule has 24 heavy (non-hydrogen) atoms. The van der Waals surface area contributed by atoms with Crippen molar-refractivity contribution >= 4 is 29.4 Å². The molecule has 0 bridgehead atoms. The van der Waals surface area contributed by atoms with Gasteiger partial charge in [0.1, 0.15) is 23.0 Å². The Morgan fingerprint density at radius 1 is 1.21 bits per heavy atom. The highest BCUT2D eigenvalue weighted by molar-refractivity contribution is 6.33. The van der Waals surface area contributed by atoms with Crippen LogP contribution in [0.4, 0.5) is 20.2 Å². The van der Waals surface area contributed by atoms with E-state index in [-0.39, 0.29) is 17.1 Å². The standard InChI is InChI=1S/C17H11ClF2N2O2/c1-10-17(16(21-24-10)12-4-2-3-5-13(12)18)22(9-23)15-7-6-11(19)8-14(15)20/h2-9H,1H3. The van der Waals surface area contributed by atoms with Gasteiger partial charge in [-0.25, -0.2) is 8.78 Å². The van der Waals surface area contributed by atoms with Gasteiger partial charge in [-0.2, -0.15) is 0 Å². The Morgan fingerprint density at radius 3 is 2.62 bits per heavy atom. The summed E-state index contributed by atoms with van der Waals surface area (Å²) in [5.41, 5.74) is 0.934. The lowest BCUT2D eigenvalue weighted by molar-refractivity contribution is -0.106. The second-order valence-electron chi connectivity index (χ2n) is 4.99. The third-order valence-corrected chi connectivity index (χ3v) is 3.81. The number of benzene rings is 2. The SMILES string of the molecule is Cc1onc(-c2ccccc2Cl)c1N(C=O)c1ccc(F)cc1F. The van der Waals surface area contributed by atoms with E-state index in [1.54, 1.807) is 31.2 Å². The molecule has 0 unspecified atom stereocenters. The molecule has 0 aliphatic carbocycles. The predicted octanol–water partition coefficient (Wildman–Crippen LogP) is 4.88. The number of halogens is 3. The van der Waals surface area contributed by atoms with Gasteiger partial charge in [-0.1, -0.05) is 35.0 Å². The molecule has 0 saturated carbocycles. The molecule has 1 heterocycles. The number of aryl methyl sites for hydroxylation is 1. The molecular formula is C17H11ClF2N2O2. The highest BCUT2D eigenvalue weighted by atomic mass is 35.5. The predicted molar refractivity (Wildman–Crippen MR) is 86.2 cm³/mol. The zero-order valence-corrected chi connectivity index (χ0v) is 13.2. The summed E-state index contributed by atoms with van der Waals surface area (Å²) in [7, 11) is 0. The Kier molecular flexibility index (Phi) is 4.31. The van der Waals surface area contributed by atoms with E-state index in [9.17, 15) is 13.6 Å². The van der Waals surface area contributed by atoms with E-state index in [1.807, 2.05) is 0 Å². The maximum absolute atomic E-state index is 14.1. The van der Waals surface area contributed by atoms with Crippen molar-refractivity contribution in [3.05, 3.63) is 64.9 Å². The summed E-state index contributed by atoms with van der Waals surface area (Å²) in [5, 5.41) is 4.33. The molecular weight excluding hydrogens is 338 g/mol. The maximum atomic E-state index is 14.1. The van der Waals surface area contributed by atoms with Crippen molar-refractivity contribution in [1.82, 2.24) is 5.16 Å². The summed E-state index contributed by atoms with van der Waals surface area (Å²) in [6.07, 6.45) is 0.413. The highest BCUT2D eigenvalue weighted by Crippen LogP contribution is 2.39. The lowest BCUT2D eigenvalue weighted by atomic mass is 10.1. The first kappa shape index (κ1) is 16.1. The number of carbonyl (C=O) groups excluding carboxylic acids is 1. The summed E-state index contributed by atoms with van der Waals surface area (Å²) in [6, 6.07) is 9.79. The molecule has 3 rings (SSSR count). The summed E-state index contributed by atoms with van der Waals surface area (Å²) in [4.78, 5) is 12.6. The van der Waals surface area contributed by atoms with Crippen molar-refractivity contribution < 1.29 is 18.1 Å². The molecule has 0 atom stereocenters. The second kappa shape index (κ2) is 6.41. The number of aromatic nitrogens is 1. The van der Waals surface area contributed by atoms with Crippen LogP contribution in [0.5, 0.6) is 0 Å². The smallest absolute Gasteiger partial charge is 0.218 e. The number of rotatable bonds is 4. The van der Waals surface area contributed by atoms with Crippen LogP contribution in [-0.2, 0) is 4.79 Å². The number of nitrogens with zero attached hydrogens (tertiary/aromatic N) is 2. The minimum absolute atomic E-state index is 0.119. The Bertz CT molecular complexity index is 911. The molecule has 0 spiro atoms. The van der Waals surface area contributed by atoms with Crippen LogP contribution in [0.3, 0.4) is 0 Å². The fraction of sp³-hybridized carbons (Fsp3) is 0.0588. The molecule has 0 saturated heterocycles. The van der Waals surface area contributed by atoms with Crippen LogP contribution >= 0.6 is 11.6 Å². The third kappa shape index (κ3) is 2.76. The van der Waals surface area contributed by atoms with Gasteiger partial charge in [-0.15, -0.1) is 0 Å². The molecule has 1 amide bonds. The zero-order valence-electron chi connectivity index (χ0n) is 12.5. The molecule has 0 fully saturated rings. The lowest BCUT2D eigenvalue weighted by Gasteiger charge is -2.18. The molecule has 122 valence electrons. The summed E-state index contributed by atoms with van der Waals surface area (Å²) < 4.78 is 32.4. The topological polar surface area (TPSA) is 46.3 Å². The van der Waals surface area contributed by atoms with Crippen molar-refractivity contribution in [3.63, 3.8) is 0 Å². The van der Waals surface area contributed by atoms with Crippen LogP contribution in [-0.4, -0.2) is 11.6 Å². The van der Waals surface area contributed by atoms with E-state index in [0.29, 0.717) is 28.8 Å². The van der Waals surface area contributed by atoms with Crippen LogP contribution in [0, 0.1) is 18.6 Å². The fourth-order valence-corrected chi connectivity index (χ4v) is 2.61. The average molecular weight is 349 g/mol. The van der Waals surface area contributed by atoms with Gasteiger partial charge in [0.15, 0.2) is 5.76 Å². The van der Waals surface area contributed by atoms with Gasteiger partial charge < -0.3 is 4.52 Å². The van der Waals surface area contributed by atoms with Gasteiger partial charge in [-0.3, -0.25) is 9.69 Å². The minimum Gasteiger partial charge on any atom is -0.359 e. The normalized spacial score (nSPS) is 10.7. The number of carbonyl (C=O) groups is 1. The summed E-state index contributed by atoms with van der Waals surface area (Å²) in [6.45, 7) is 1.58. The van der Waals surface area contributed by atoms with Crippen LogP contribution < -0.4 is 4.90 Å². The van der Waals surface area contributed by atoms with Gasteiger partial charge in [0.05, 0.1) is 10.7 Å². The van der Waals surface area contributed by atoms with Crippen LogP contribution in [0.2, 0.25) is 5.02 Å². The summed E-state index contributed by atoms with van der Waals surface area (Å²) in [5.74, 6) is -1.33. The molecule has 3 aromatic rings. The van der Waals surface area contributed by atoms with Crippen molar-refractivity contribution in [2.45, 2.75) is 6.92 Å². The van der Waals surface area contributed by atoms with Crippen molar-refractivity contribution in [2.75, 3.05) is 4.90 Å². The van der Waals surface area contributed by atoms with E-state index in [0.717, 1.165) is 11.0 Å². The minimum atomic E-state index is -0.882. The van der Waals surface area contributed by atoms with Crippen LogP contribution in [0.15, 0.2) is 47.0 Å². The van der Waals surface area contributed by atoms with E-state index < -0.39 is 11.6 Å². The molecule has 0 aliphatic heterocycles. The number of anilines is 2. The largest absolute Gasteiger partial charge is 0.359 e. The molecule has 0 aliphatic rings. The summed E-state index contributed by atoms with van der Waals surface area (Å²) >= 11 is 6.17. The van der Waals surface area contributed by atoms with E-state index in [4.69, 9.17) is 16.1 Å². The highest BCUT2D eigenvalue weighted by Gasteiger charge is 2.25. The van der Waals surface area contributed by atoms with Crippen LogP contribution in [0.1, 0.15) is 5.76 Å². The van der Waals surface area contributed by atoms with Gasteiger partial charge in [0.2, 0.25) is 6.41 Å². The molecule has 0 radical (unpaired) electrons. The first-order valence-corrected chi connectivity index (χ1v) is 7.31. The van der Waals surface area contributed by atoms with Crippen molar-refractivity contribution in [3.8, 4) is 11.3 Å². The quantitative estimate of drug-likeness (QED) is 0.631. The Labute approximate surface area is 141 Å². The van der Waals surface area contributed by atoms with E-state index >= 15 is 0 Å². The second-order valence-corrected chi connectivity index (χ2v) is 5.39. The zero-order chi connectivity index (χ0) is 17.3. The van der Waals surface area contributed by atoms with Crippen LogP contribution in [0.25, 0.3) is 11.3 Å². The average Bonchev–Trinajstić information content (AvgIpc) is 2.92. The van der Waals surface area contributed by atoms with E-state index in [1.165, 1.54) is 6.07 Å². The van der Waals surface area contributed by atoms with Gasteiger partial charge in [0.25, 0.3) is 0 Å². The Morgan fingerprint density at radius 2 is 1.96 bits per heavy atom. The van der Waals surface area contributed by atoms with Gasteiger partial charge in [-0.05, 0) is 25.1 Å². The maximum Gasteiger partial charge on any atom is 0.218 e. The Balaban J connectivity index is 2.19. The molecule has 0 N–H and O–H groups in total. The molecule has 7 heteroatoms. The Hall–Kier alpha value is -2.73. The number of amides is 1.